The fourth-order valence-electron chi connectivity index (χ4n) is 3.13. The molecular formula is C19H14Cl3F7O2. The van der Waals surface area contributed by atoms with Crippen LogP contribution in [0.3, 0.4) is 0 Å². The van der Waals surface area contributed by atoms with E-state index in [2.05, 4.69) is 0 Å². The van der Waals surface area contributed by atoms with E-state index in [-0.39, 0.29) is 4.49 Å². The molecule has 2 atom stereocenters. The van der Waals surface area contributed by atoms with Crippen LogP contribution >= 0.6 is 34.8 Å². The zero-order valence-corrected chi connectivity index (χ0v) is 18.1. The number of allylic oxidation sites excluding steroid dienone is 3. The topological polar surface area (TPSA) is 26.3 Å². The van der Waals surface area contributed by atoms with Gasteiger partial charge >= 0.3 is 12.1 Å². The van der Waals surface area contributed by atoms with E-state index in [0.717, 1.165) is 6.08 Å². The molecule has 0 unspecified atom stereocenters. The summed E-state index contributed by atoms with van der Waals surface area (Å²) < 4.78 is 98.8. The van der Waals surface area contributed by atoms with Gasteiger partial charge in [0.2, 0.25) is 0 Å². The number of carbonyl (C=O) groups is 1. The van der Waals surface area contributed by atoms with Crippen molar-refractivity contribution < 1.29 is 40.3 Å². The highest BCUT2D eigenvalue weighted by Gasteiger charge is 2.62. The number of hydrogen-bond donors (Lipinski definition) is 0. The fourth-order valence-corrected chi connectivity index (χ4v) is 3.42. The van der Waals surface area contributed by atoms with Crippen molar-refractivity contribution in [2.75, 3.05) is 0 Å². The molecule has 2 nitrogen and oxygen atoms in total. The molecule has 31 heavy (non-hydrogen) atoms. The van der Waals surface area contributed by atoms with Crippen LogP contribution in [0.25, 0.3) is 0 Å². The molecule has 0 spiro atoms. The second kappa shape index (κ2) is 9.19. The Morgan fingerprint density at radius 1 is 1.00 bits per heavy atom. The van der Waals surface area contributed by atoms with E-state index in [0.29, 0.717) is 6.08 Å². The van der Waals surface area contributed by atoms with Crippen molar-refractivity contribution in [3.8, 4) is 0 Å². The third kappa shape index (κ3) is 5.49. The van der Waals surface area contributed by atoms with Crippen LogP contribution in [0.2, 0.25) is 0 Å². The molecule has 0 radical (unpaired) electrons. The third-order valence-corrected chi connectivity index (χ3v) is 5.67. The molecule has 2 rings (SSSR count). The lowest BCUT2D eigenvalue weighted by Gasteiger charge is -2.12. The first kappa shape index (κ1) is 25.8. The minimum atomic E-state index is -4.80. The fraction of sp³-hybridized carbons (Fsp3) is 0.421. The lowest BCUT2D eigenvalue weighted by molar-refractivity contribution is -0.147. The van der Waals surface area contributed by atoms with Crippen LogP contribution in [-0.4, -0.2) is 12.1 Å². The van der Waals surface area contributed by atoms with E-state index in [1.165, 1.54) is 13.8 Å². The molecule has 1 aromatic carbocycles. The highest BCUT2D eigenvalue weighted by atomic mass is 35.5. The van der Waals surface area contributed by atoms with Crippen molar-refractivity contribution in [2.45, 2.75) is 33.1 Å². The summed E-state index contributed by atoms with van der Waals surface area (Å²) in [6.45, 7) is 1.75. The SMILES string of the molecule is CC1(C)[C@H](C(=O)OCc2c(F)c(F)c(CC=C(Cl)Cl)c(F)c2F)[C@@H]1C=C(Cl)C(F)(F)F. The van der Waals surface area contributed by atoms with E-state index in [4.69, 9.17) is 39.5 Å². The quantitative estimate of drug-likeness (QED) is 0.230. The Bertz CT molecular complexity index is 922. The average Bonchev–Trinajstić information content (AvgIpc) is 3.18. The first-order valence-electron chi connectivity index (χ1n) is 8.56. The Labute approximate surface area is 187 Å². The molecule has 0 aromatic heterocycles. The molecule has 0 aliphatic heterocycles. The summed E-state index contributed by atoms with van der Waals surface area (Å²) in [7, 11) is 0. The predicted molar refractivity (Wildman–Crippen MR) is 100 cm³/mol. The van der Waals surface area contributed by atoms with Crippen molar-refractivity contribution in [2.24, 2.45) is 17.3 Å². The van der Waals surface area contributed by atoms with E-state index in [1.54, 1.807) is 0 Å². The van der Waals surface area contributed by atoms with Crippen LogP contribution in [0.15, 0.2) is 21.7 Å². The summed E-state index contributed by atoms with van der Waals surface area (Å²) in [5.74, 6) is -10.2. The second-order valence-corrected chi connectivity index (χ2v) is 8.77. The summed E-state index contributed by atoms with van der Waals surface area (Å²) in [6, 6.07) is 0. The Balaban J connectivity index is 2.20. The van der Waals surface area contributed by atoms with E-state index < -0.39 is 81.9 Å². The smallest absolute Gasteiger partial charge is 0.426 e. The van der Waals surface area contributed by atoms with E-state index >= 15 is 0 Å². The molecule has 1 fully saturated rings. The molecule has 1 aliphatic carbocycles. The van der Waals surface area contributed by atoms with Crippen LogP contribution in [0.5, 0.6) is 0 Å². The zero-order valence-electron chi connectivity index (χ0n) is 15.8. The molecule has 0 bridgehead atoms. The molecular weight excluding hydrogens is 500 g/mol. The minimum absolute atomic E-state index is 0.376. The van der Waals surface area contributed by atoms with Crippen molar-refractivity contribution >= 4 is 40.8 Å². The number of alkyl halides is 3. The van der Waals surface area contributed by atoms with Gasteiger partial charge in [0.05, 0.1) is 11.5 Å². The van der Waals surface area contributed by atoms with E-state index in [1.807, 2.05) is 0 Å². The van der Waals surface area contributed by atoms with Gasteiger partial charge < -0.3 is 4.74 Å². The molecule has 1 saturated carbocycles. The van der Waals surface area contributed by atoms with Gasteiger partial charge in [-0.3, -0.25) is 4.79 Å². The highest BCUT2D eigenvalue weighted by molar-refractivity contribution is 6.55. The van der Waals surface area contributed by atoms with Crippen molar-refractivity contribution in [3.63, 3.8) is 0 Å². The van der Waals surface area contributed by atoms with Crippen LogP contribution in [0.4, 0.5) is 30.7 Å². The Hall–Kier alpha value is -1.45. The van der Waals surface area contributed by atoms with Crippen molar-refractivity contribution in [1.82, 2.24) is 0 Å². The minimum Gasteiger partial charge on any atom is -0.460 e. The van der Waals surface area contributed by atoms with Gasteiger partial charge in [0.1, 0.15) is 16.1 Å². The maximum absolute atomic E-state index is 14.2. The number of hydrogen-bond acceptors (Lipinski definition) is 2. The largest absolute Gasteiger partial charge is 0.460 e. The van der Waals surface area contributed by atoms with E-state index in [9.17, 15) is 35.5 Å². The maximum atomic E-state index is 14.2. The Morgan fingerprint density at radius 3 is 1.94 bits per heavy atom. The molecule has 12 heteroatoms. The summed E-state index contributed by atoms with van der Waals surface area (Å²) >= 11 is 15.8. The molecule has 0 heterocycles. The second-order valence-electron chi connectivity index (χ2n) is 7.36. The van der Waals surface area contributed by atoms with Gasteiger partial charge in [-0.05, 0) is 23.8 Å². The number of ether oxygens (including phenoxy) is 1. The van der Waals surface area contributed by atoms with Crippen molar-refractivity contribution in [1.29, 1.82) is 0 Å². The van der Waals surface area contributed by atoms with Gasteiger partial charge in [-0.15, -0.1) is 0 Å². The van der Waals surface area contributed by atoms with Gasteiger partial charge in [0.15, 0.2) is 23.3 Å². The van der Waals surface area contributed by atoms with Gasteiger partial charge in [-0.1, -0.05) is 54.7 Å². The highest BCUT2D eigenvalue weighted by Crippen LogP contribution is 2.60. The van der Waals surface area contributed by atoms with Crippen LogP contribution in [0, 0.1) is 40.5 Å². The van der Waals surface area contributed by atoms with Gasteiger partial charge in [0.25, 0.3) is 0 Å². The number of carbonyl (C=O) groups excluding carboxylic acids is 1. The maximum Gasteiger partial charge on any atom is 0.426 e. The number of benzene rings is 1. The molecule has 172 valence electrons. The number of halogens is 10. The first-order chi connectivity index (χ1) is 14.1. The van der Waals surface area contributed by atoms with Gasteiger partial charge in [-0.25, -0.2) is 17.6 Å². The van der Waals surface area contributed by atoms with Gasteiger partial charge in [-0.2, -0.15) is 13.2 Å². The predicted octanol–water partition coefficient (Wildman–Crippen LogP) is 7.10. The third-order valence-electron chi connectivity index (χ3n) is 5.03. The normalized spacial score (nSPS) is 20.5. The summed E-state index contributed by atoms with van der Waals surface area (Å²) in [5, 5.41) is -1.43. The summed E-state index contributed by atoms with van der Waals surface area (Å²) in [4.78, 5) is 12.2. The zero-order chi connectivity index (χ0) is 23.9. The average molecular weight is 514 g/mol. The Morgan fingerprint density at radius 2 is 1.48 bits per heavy atom. The monoisotopic (exact) mass is 512 g/mol. The van der Waals surface area contributed by atoms with Crippen LogP contribution in [-0.2, 0) is 22.6 Å². The van der Waals surface area contributed by atoms with Gasteiger partial charge in [0, 0.05) is 5.56 Å². The molecule has 0 saturated heterocycles. The standard InChI is InChI=1S/C19H14Cl3F7O2/c1-18(2)9(5-10(20)19(27,28)29)12(18)17(30)31-6-8-15(25)13(23)7(3-4-11(21)22)14(24)16(8)26/h4-5,9,12H,3,6H2,1-2H3/t9-,12-/m0/s1. The lowest BCUT2D eigenvalue weighted by Crippen LogP contribution is -2.15. The van der Waals surface area contributed by atoms with Crippen LogP contribution in [0.1, 0.15) is 25.0 Å². The summed E-state index contributed by atoms with van der Waals surface area (Å²) in [5.41, 5.74) is -3.14. The lowest BCUT2D eigenvalue weighted by atomic mass is 10.1. The summed E-state index contributed by atoms with van der Waals surface area (Å²) in [6.07, 6.45) is -3.88. The van der Waals surface area contributed by atoms with Crippen LogP contribution < -0.4 is 0 Å². The van der Waals surface area contributed by atoms with Crippen molar-refractivity contribution in [3.05, 3.63) is 56.1 Å². The molecule has 0 N–H and O–H groups in total. The molecule has 1 aliphatic rings. The number of rotatable bonds is 6. The molecule has 0 amide bonds. The molecule has 1 aromatic rings. The number of esters is 1. The Kier molecular flexibility index (Phi) is 7.65. The first-order valence-corrected chi connectivity index (χ1v) is 9.70.